The molecule has 1 aromatic rings. The Morgan fingerprint density at radius 3 is 2.43 bits per heavy atom. The quantitative estimate of drug-likeness (QED) is 0.328. The predicted octanol–water partition coefficient (Wildman–Crippen LogP) is 4.96. The van der Waals surface area contributed by atoms with E-state index in [2.05, 4.69) is 40.4 Å². The van der Waals surface area contributed by atoms with Gasteiger partial charge in [-0.25, -0.2) is 8.42 Å². The minimum atomic E-state index is -3.54. The van der Waals surface area contributed by atoms with E-state index >= 15 is 0 Å². The van der Waals surface area contributed by atoms with Gasteiger partial charge in [0, 0.05) is 12.5 Å². The number of aliphatic hydroxyl groups excluding tert-OH is 1. The lowest BCUT2D eigenvalue weighted by Crippen LogP contribution is -2.41. The van der Waals surface area contributed by atoms with Crippen LogP contribution in [0.5, 0.6) is 0 Å². The number of benzene rings is 1. The molecule has 4 nitrogen and oxygen atoms in total. The third-order valence-electron chi connectivity index (χ3n) is 6.53. The van der Waals surface area contributed by atoms with Crippen LogP contribution in [0.1, 0.15) is 46.5 Å². The van der Waals surface area contributed by atoms with E-state index in [0.717, 1.165) is 12.8 Å². The van der Waals surface area contributed by atoms with Crippen LogP contribution in [0.2, 0.25) is 18.1 Å². The van der Waals surface area contributed by atoms with Gasteiger partial charge in [-0.15, -0.1) is 6.58 Å². The Kier molecular flexibility index (Phi) is 7.02. The van der Waals surface area contributed by atoms with Crippen molar-refractivity contribution in [3.8, 4) is 0 Å². The Bertz CT molecular complexity index is 767. The Balaban J connectivity index is 1.88. The molecule has 1 aliphatic rings. The Hall–Kier alpha value is -0.953. The van der Waals surface area contributed by atoms with Gasteiger partial charge in [-0.2, -0.15) is 0 Å². The van der Waals surface area contributed by atoms with Crippen LogP contribution in [0.25, 0.3) is 0 Å². The third kappa shape index (κ3) is 4.61. The van der Waals surface area contributed by atoms with Crippen molar-refractivity contribution in [3.63, 3.8) is 0 Å². The second kappa shape index (κ2) is 8.42. The third-order valence-corrected chi connectivity index (χ3v) is 13.6. The molecule has 0 spiro atoms. The van der Waals surface area contributed by atoms with Gasteiger partial charge in [-0.05, 0) is 55.9 Å². The normalized spacial score (nSPS) is 24.0. The van der Waals surface area contributed by atoms with Crippen molar-refractivity contribution in [2.45, 2.75) is 80.3 Å². The van der Waals surface area contributed by atoms with E-state index in [1.165, 1.54) is 6.08 Å². The van der Waals surface area contributed by atoms with E-state index in [0.29, 0.717) is 24.3 Å². The van der Waals surface area contributed by atoms with Gasteiger partial charge in [0.15, 0.2) is 18.2 Å². The van der Waals surface area contributed by atoms with E-state index in [-0.39, 0.29) is 11.0 Å². The van der Waals surface area contributed by atoms with Crippen molar-refractivity contribution >= 4 is 18.2 Å². The molecule has 1 N–H and O–H groups in total. The molecule has 3 atom stereocenters. The van der Waals surface area contributed by atoms with Gasteiger partial charge in [0.05, 0.1) is 11.0 Å². The summed E-state index contributed by atoms with van der Waals surface area (Å²) in [7, 11) is -5.28. The molecule has 0 saturated heterocycles. The molecule has 1 fully saturated rings. The van der Waals surface area contributed by atoms with Crippen molar-refractivity contribution in [2.75, 3.05) is 6.61 Å². The minimum absolute atomic E-state index is 0.190. The summed E-state index contributed by atoms with van der Waals surface area (Å²) in [6.45, 7) is 15.6. The van der Waals surface area contributed by atoms with Crippen molar-refractivity contribution in [2.24, 2.45) is 5.92 Å². The first-order valence-corrected chi connectivity index (χ1v) is 14.5. The number of sulfone groups is 1. The molecule has 158 valence electrons. The minimum Gasteiger partial charge on any atom is -0.417 e. The maximum Gasteiger partial charge on any atom is 0.191 e. The molecule has 0 heterocycles. The summed E-state index contributed by atoms with van der Waals surface area (Å²) in [6.07, 6.45) is 3.61. The molecule has 28 heavy (non-hydrogen) atoms. The summed E-state index contributed by atoms with van der Waals surface area (Å²) in [5.41, 5.74) is 0. The van der Waals surface area contributed by atoms with Crippen LogP contribution in [-0.2, 0) is 14.3 Å². The SMILES string of the molecule is C=C[C@@]1(S(=O)(=O)c2ccccc2)C[C@@H]1[C@H](O)CCCCO[Si](C)(C)C(C)(C)C. The number of aliphatic hydroxyl groups is 1. The predicted molar refractivity (Wildman–Crippen MR) is 118 cm³/mol. The van der Waals surface area contributed by atoms with Crippen LogP contribution in [0.15, 0.2) is 47.9 Å². The molecule has 0 aliphatic heterocycles. The van der Waals surface area contributed by atoms with Crippen LogP contribution >= 0.6 is 0 Å². The largest absolute Gasteiger partial charge is 0.417 e. The molecule has 0 aromatic heterocycles. The number of hydrogen-bond donors (Lipinski definition) is 1. The van der Waals surface area contributed by atoms with E-state index in [1.54, 1.807) is 30.3 Å². The van der Waals surface area contributed by atoms with Crippen LogP contribution < -0.4 is 0 Å². The molecule has 0 bridgehead atoms. The van der Waals surface area contributed by atoms with Crippen LogP contribution in [0, 0.1) is 5.92 Å². The van der Waals surface area contributed by atoms with Gasteiger partial charge >= 0.3 is 0 Å². The van der Waals surface area contributed by atoms with Crippen molar-refractivity contribution < 1.29 is 18.0 Å². The molecular formula is C22H36O4SSi. The first kappa shape index (κ1) is 23.3. The zero-order valence-corrected chi connectivity index (χ0v) is 19.8. The summed E-state index contributed by atoms with van der Waals surface area (Å²) >= 11 is 0. The summed E-state index contributed by atoms with van der Waals surface area (Å²) in [5.74, 6) is -0.281. The maximum atomic E-state index is 13.0. The Morgan fingerprint density at radius 1 is 1.29 bits per heavy atom. The highest BCUT2D eigenvalue weighted by Crippen LogP contribution is 2.55. The zero-order chi connectivity index (χ0) is 21.2. The number of unbranched alkanes of at least 4 members (excludes halogenated alkanes) is 1. The average Bonchev–Trinajstić information content (AvgIpc) is 3.38. The van der Waals surface area contributed by atoms with Gasteiger partial charge in [0.2, 0.25) is 0 Å². The van der Waals surface area contributed by atoms with Crippen molar-refractivity contribution in [3.05, 3.63) is 43.0 Å². The standard InChI is InChI=1S/C22H36O4SSi/c1-7-22(27(24,25)18-13-9-8-10-14-18)17-19(22)20(23)15-11-12-16-26-28(5,6)21(2,3)4/h7-10,13-14,19-20,23H,1,11-12,15-17H2,2-6H3/t19-,20-,22-/m1/s1. The average molecular weight is 425 g/mol. The highest BCUT2D eigenvalue weighted by molar-refractivity contribution is 7.93. The van der Waals surface area contributed by atoms with E-state index in [9.17, 15) is 13.5 Å². The lowest BCUT2D eigenvalue weighted by atomic mass is 10.1. The van der Waals surface area contributed by atoms with Gasteiger partial charge in [-0.3, -0.25) is 0 Å². The summed E-state index contributed by atoms with van der Waals surface area (Å²) in [6, 6.07) is 8.46. The summed E-state index contributed by atoms with van der Waals surface area (Å²) in [4.78, 5) is 0.298. The molecule has 0 amide bonds. The molecule has 1 saturated carbocycles. The molecule has 0 unspecified atom stereocenters. The Labute approximate surface area is 172 Å². The number of rotatable bonds is 10. The smallest absolute Gasteiger partial charge is 0.191 e. The molecule has 1 aromatic carbocycles. The fourth-order valence-electron chi connectivity index (χ4n) is 3.42. The van der Waals surface area contributed by atoms with Crippen LogP contribution in [0.3, 0.4) is 0 Å². The fraction of sp³-hybridized carbons (Fsp3) is 0.636. The van der Waals surface area contributed by atoms with E-state index in [1.807, 2.05) is 0 Å². The second-order valence-electron chi connectivity index (χ2n) is 9.46. The van der Waals surface area contributed by atoms with Crippen LogP contribution in [-0.4, -0.2) is 39.3 Å². The molecular weight excluding hydrogens is 388 g/mol. The first-order valence-electron chi connectivity index (χ1n) is 10.1. The molecule has 6 heteroatoms. The Morgan fingerprint density at radius 2 is 1.89 bits per heavy atom. The number of hydrogen-bond acceptors (Lipinski definition) is 4. The lowest BCUT2D eigenvalue weighted by Gasteiger charge is -2.36. The zero-order valence-electron chi connectivity index (χ0n) is 17.9. The highest BCUT2D eigenvalue weighted by Gasteiger charge is 2.64. The first-order chi connectivity index (χ1) is 12.9. The van der Waals surface area contributed by atoms with Crippen LogP contribution in [0.4, 0.5) is 0 Å². The maximum absolute atomic E-state index is 13.0. The van der Waals surface area contributed by atoms with Gasteiger partial charge < -0.3 is 9.53 Å². The monoisotopic (exact) mass is 424 g/mol. The van der Waals surface area contributed by atoms with Crippen molar-refractivity contribution in [1.29, 1.82) is 0 Å². The van der Waals surface area contributed by atoms with Gasteiger partial charge in [0.1, 0.15) is 4.75 Å². The molecule has 0 radical (unpaired) electrons. The van der Waals surface area contributed by atoms with Gasteiger partial charge in [-0.1, -0.05) is 45.0 Å². The van der Waals surface area contributed by atoms with E-state index < -0.39 is 29.0 Å². The fourth-order valence-corrected chi connectivity index (χ4v) is 6.64. The second-order valence-corrected chi connectivity index (χ2v) is 16.5. The molecule has 2 rings (SSSR count). The molecule has 1 aliphatic carbocycles. The van der Waals surface area contributed by atoms with Gasteiger partial charge in [0.25, 0.3) is 0 Å². The van der Waals surface area contributed by atoms with Crippen molar-refractivity contribution in [1.82, 2.24) is 0 Å². The lowest BCUT2D eigenvalue weighted by molar-refractivity contribution is 0.133. The highest BCUT2D eigenvalue weighted by atomic mass is 32.2. The topological polar surface area (TPSA) is 63.6 Å². The van der Waals surface area contributed by atoms with E-state index in [4.69, 9.17) is 4.43 Å². The summed E-state index contributed by atoms with van der Waals surface area (Å²) in [5, 5.41) is 10.8. The summed E-state index contributed by atoms with van der Waals surface area (Å²) < 4.78 is 31.2.